The summed E-state index contributed by atoms with van der Waals surface area (Å²) in [6, 6.07) is 3.77. The van der Waals surface area contributed by atoms with Crippen molar-refractivity contribution in [3.05, 3.63) is 22.2 Å². The first kappa shape index (κ1) is 13.4. The Hall–Kier alpha value is -1.07. The molecule has 1 fully saturated rings. The summed E-state index contributed by atoms with van der Waals surface area (Å²) in [6.07, 6.45) is 1.39. The highest BCUT2D eigenvalue weighted by atomic mass is 79.9. The van der Waals surface area contributed by atoms with E-state index in [-0.39, 0.29) is 12.0 Å². The van der Waals surface area contributed by atoms with Crippen molar-refractivity contribution in [2.24, 2.45) is 0 Å². The summed E-state index contributed by atoms with van der Waals surface area (Å²) in [5, 5.41) is 2.89. The summed E-state index contributed by atoms with van der Waals surface area (Å²) in [4.78, 5) is 12.0. The molecule has 1 atom stereocenters. The lowest BCUT2D eigenvalue weighted by Crippen LogP contribution is -2.27. The van der Waals surface area contributed by atoms with Crippen LogP contribution in [0, 0.1) is 6.92 Å². The number of nitrogens with one attached hydrogen (secondary N) is 1. The Balaban J connectivity index is 2.19. The number of benzene rings is 1. The van der Waals surface area contributed by atoms with Crippen molar-refractivity contribution in [2.45, 2.75) is 25.9 Å². The van der Waals surface area contributed by atoms with Crippen LogP contribution in [0.5, 0.6) is 5.75 Å². The number of amides is 1. The fraction of sp³-hybridized carbons (Fsp3) is 0.462. The van der Waals surface area contributed by atoms with Crippen LogP contribution >= 0.6 is 15.9 Å². The number of methoxy groups -OCH3 is 1. The lowest BCUT2D eigenvalue weighted by Gasteiger charge is -2.16. The molecule has 1 unspecified atom stereocenters. The van der Waals surface area contributed by atoms with Crippen LogP contribution in [0.15, 0.2) is 16.6 Å². The Morgan fingerprint density at radius 2 is 2.33 bits per heavy atom. The molecule has 18 heavy (non-hydrogen) atoms. The Labute approximate surface area is 115 Å². The zero-order chi connectivity index (χ0) is 13.1. The van der Waals surface area contributed by atoms with Crippen LogP contribution < -0.4 is 10.1 Å². The number of halogens is 1. The Morgan fingerprint density at radius 3 is 2.94 bits per heavy atom. The molecule has 0 saturated carbocycles. The van der Waals surface area contributed by atoms with Crippen molar-refractivity contribution in [3.63, 3.8) is 0 Å². The van der Waals surface area contributed by atoms with Crippen LogP contribution in [0.1, 0.15) is 18.4 Å². The minimum absolute atomic E-state index is 0.101. The third kappa shape index (κ3) is 2.84. The van der Waals surface area contributed by atoms with E-state index in [0.29, 0.717) is 18.0 Å². The van der Waals surface area contributed by atoms with Crippen LogP contribution in [0.4, 0.5) is 5.69 Å². The number of anilines is 1. The fourth-order valence-corrected chi connectivity index (χ4v) is 2.57. The van der Waals surface area contributed by atoms with Gasteiger partial charge in [0.25, 0.3) is 5.91 Å². The van der Waals surface area contributed by atoms with Crippen LogP contribution in [0.2, 0.25) is 0 Å². The molecular formula is C13H16BrNO3. The average Bonchev–Trinajstić information content (AvgIpc) is 2.85. The zero-order valence-corrected chi connectivity index (χ0v) is 12.0. The predicted molar refractivity (Wildman–Crippen MR) is 73.0 cm³/mol. The van der Waals surface area contributed by atoms with Crippen molar-refractivity contribution >= 4 is 27.5 Å². The van der Waals surface area contributed by atoms with Crippen LogP contribution in [-0.4, -0.2) is 25.7 Å². The number of ether oxygens (including phenoxy) is 2. The van der Waals surface area contributed by atoms with Gasteiger partial charge in [-0.25, -0.2) is 0 Å². The second-order valence-electron chi connectivity index (χ2n) is 4.29. The minimum atomic E-state index is -0.335. The quantitative estimate of drug-likeness (QED) is 0.933. The van der Waals surface area contributed by atoms with E-state index < -0.39 is 0 Å². The molecular weight excluding hydrogens is 298 g/mol. The zero-order valence-electron chi connectivity index (χ0n) is 10.5. The highest BCUT2D eigenvalue weighted by Crippen LogP contribution is 2.32. The molecule has 0 bridgehead atoms. The summed E-state index contributed by atoms with van der Waals surface area (Å²) in [6.45, 7) is 2.59. The molecule has 1 heterocycles. The van der Waals surface area contributed by atoms with Crippen molar-refractivity contribution < 1.29 is 14.3 Å². The van der Waals surface area contributed by atoms with Gasteiger partial charge in [0.1, 0.15) is 11.9 Å². The summed E-state index contributed by atoms with van der Waals surface area (Å²) in [5.41, 5.74) is 1.66. The Morgan fingerprint density at radius 1 is 1.56 bits per heavy atom. The van der Waals surface area contributed by atoms with E-state index >= 15 is 0 Å². The monoisotopic (exact) mass is 313 g/mol. The molecule has 5 heteroatoms. The van der Waals surface area contributed by atoms with Gasteiger partial charge in [0.15, 0.2) is 0 Å². The van der Waals surface area contributed by atoms with E-state index in [9.17, 15) is 4.79 Å². The largest absolute Gasteiger partial charge is 0.495 e. The van der Waals surface area contributed by atoms with Gasteiger partial charge >= 0.3 is 0 Å². The number of carbonyl (C=O) groups is 1. The van der Waals surface area contributed by atoms with E-state index in [0.717, 1.165) is 22.9 Å². The molecule has 1 aromatic carbocycles. The van der Waals surface area contributed by atoms with Gasteiger partial charge in [0, 0.05) is 11.1 Å². The molecule has 4 nitrogen and oxygen atoms in total. The van der Waals surface area contributed by atoms with Crippen molar-refractivity contribution in [3.8, 4) is 5.75 Å². The lowest BCUT2D eigenvalue weighted by molar-refractivity contribution is -0.124. The van der Waals surface area contributed by atoms with E-state index in [1.165, 1.54) is 0 Å². The van der Waals surface area contributed by atoms with E-state index in [1.807, 2.05) is 19.1 Å². The maximum Gasteiger partial charge on any atom is 0.253 e. The molecule has 98 valence electrons. The molecule has 0 aromatic heterocycles. The van der Waals surface area contributed by atoms with Gasteiger partial charge in [0.2, 0.25) is 0 Å². The van der Waals surface area contributed by atoms with Crippen molar-refractivity contribution in [1.82, 2.24) is 0 Å². The highest BCUT2D eigenvalue weighted by Gasteiger charge is 2.24. The average molecular weight is 314 g/mol. The van der Waals surface area contributed by atoms with Crippen molar-refractivity contribution in [2.75, 3.05) is 19.0 Å². The number of hydrogen-bond acceptors (Lipinski definition) is 3. The smallest absolute Gasteiger partial charge is 0.253 e. The van der Waals surface area contributed by atoms with Gasteiger partial charge in [-0.15, -0.1) is 0 Å². The summed E-state index contributed by atoms with van der Waals surface area (Å²) >= 11 is 3.40. The molecule has 1 aromatic rings. The van der Waals surface area contributed by atoms with Gasteiger partial charge < -0.3 is 14.8 Å². The number of hydrogen-bond donors (Lipinski definition) is 1. The number of aryl methyl sites for hydroxylation is 1. The van der Waals surface area contributed by atoms with E-state index in [4.69, 9.17) is 9.47 Å². The van der Waals surface area contributed by atoms with Crippen LogP contribution in [0.3, 0.4) is 0 Å². The topological polar surface area (TPSA) is 47.6 Å². The summed E-state index contributed by atoms with van der Waals surface area (Å²) in [5.74, 6) is 0.546. The van der Waals surface area contributed by atoms with Gasteiger partial charge in [-0.3, -0.25) is 4.79 Å². The first-order valence-corrected chi connectivity index (χ1v) is 6.67. The normalized spacial score (nSPS) is 18.7. The molecule has 1 saturated heterocycles. The molecule has 2 rings (SSSR count). The number of carbonyl (C=O) groups excluding carboxylic acids is 1. The Bertz CT molecular complexity index is 456. The number of rotatable bonds is 3. The molecule has 1 aliphatic rings. The maximum absolute atomic E-state index is 12.0. The predicted octanol–water partition coefficient (Wildman–Crippen LogP) is 2.88. The summed E-state index contributed by atoms with van der Waals surface area (Å²) < 4.78 is 11.6. The SMILES string of the molecule is COc1cc(Br)cc(C)c1NC(=O)C1CCCO1. The van der Waals surface area contributed by atoms with E-state index in [2.05, 4.69) is 21.2 Å². The molecule has 0 aliphatic carbocycles. The van der Waals surface area contributed by atoms with Crippen LogP contribution in [0.25, 0.3) is 0 Å². The van der Waals surface area contributed by atoms with Crippen LogP contribution in [-0.2, 0) is 9.53 Å². The molecule has 1 aliphatic heterocycles. The molecule has 0 spiro atoms. The Kier molecular flexibility index (Phi) is 4.24. The minimum Gasteiger partial charge on any atom is -0.495 e. The third-order valence-corrected chi connectivity index (χ3v) is 3.41. The third-order valence-electron chi connectivity index (χ3n) is 2.95. The first-order chi connectivity index (χ1) is 8.61. The molecule has 0 radical (unpaired) electrons. The summed E-state index contributed by atoms with van der Waals surface area (Å²) in [7, 11) is 1.59. The van der Waals surface area contributed by atoms with E-state index in [1.54, 1.807) is 7.11 Å². The van der Waals surface area contributed by atoms with Gasteiger partial charge in [-0.1, -0.05) is 15.9 Å². The van der Waals surface area contributed by atoms with Gasteiger partial charge in [-0.2, -0.15) is 0 Å². The standard InChI is InChI=1S/C13H16BrNO3/c1-8-6-9(14)7-11(17-2)12(8)15-13(16)10-4-3-5-18-10/h6-7,10H,3-5H2,1-2H3,(H,15,16). The van der Waals surface area contributed by atoms with Gasteiger partial charge in [0.05, 0.1) is 12.8 Å². The second-order valence-corrected chi connectivity index (χ2v) is 5.21. The second kappa shape index (κ2) is 5.71. The molecule has 1 amide bonds. The van der Waals surface area contributed by atoms with Gasteiger partial charge in [-0.05, 0) is 37.5 Å². The van der Waals surface area contributed by atoms with Crippen molar-refractivity contribution in [1.29, 1.82) is 0 Å². The molecule has 1 N–H and O–H groups in total. The maximum atomic E-state index is 12.0. The fourth-order valence-electron chi connectivity index (χ4n) is 2.02. The lowest BCUT2D eigenvalue weighted by atomic mass is 10.1. The highest BCUT2D eigenvalue weighted by molar-refractivity contribution is 9.10. The first-order valence-electron chi connectivity index (χ1n) is 5.88.